The number of hydrogen-bond donors (Lipinski definition) is 2. The van der Waals surface area contributed by atoms with Crippen LogP contribution in [0.15, 0.2) is 48.5 Å². The highest BCUT2D eigenvalue weighted by Gasteiger charge is 2.25. The molecule has 0 unspecified atom stereocenters. The van der Waals surface area contributed by atoms with Crippen LogP contribution in [0.1, 0.15) is 41.6 Å². The highest BCUT2D eigenvalue weighted by molar-refractivity contribution is 7.40. The SMILES string of the molecule is Cc1ccc(C(=O)c2sc3sc(C(=O)c4ccc(C)cc4)c(N)c3c2N)cc1. The number of rotatable bonds is 4. The van der Waals surface area contributed by atoms with Crippen LogP contribution >= 0.6 is 22.7 Å². The zero-order chi connectivity index (χ0) is 20.0. The van der Waals surface area contributed by atoms with Gasteiger partial charge in [-0.05, 0) is 13.8 Å². The van der Waals surface area contributed by atoms with Crippen molar-refractivity contribution in [2.75, 3.05) is 11.5 Å². The molecule has 4 rings (SSSR count). The van der Waals surface area contributed by atoms with Gasteiger partial charge in [-0.2, -0.15) is 0 Å². The summed E-state index contributed by atoms with van der Waals surface area (Å²) >= 11 is 2.59. The number of benzene rings is 2. The highest BCUT2D eigenvalue weighted by atomic mass is 32.2. The number of hydrogen-bond acceptors (Lipinski definition) is 6. The van der Waals surface area contributed by atoms with Gasteiger partial charge in [-0.15, -0.1) is 22.7 Å². The van der Waals surface area contributed by atoms with E-state index in [9.17, 15) is 9.59 Å². The van der Waals surface area contributed by atoms with E-state index in [1.54, 1.807) is 24.3 Å². The Morgan fingerprint density at radius 1 is 0.679 bits per heavy atom. The van der Waals surface area contributed by atoms with Crippen LogP contribution in [0.2, 0.25) is 0 Å². The first-order valence-electron chi connectivity index (χ1n) is 8.69. The van der Waals surface area contributed by atoms with Gasteiger partial charge in [0.15, 0.2) is 0 Å². The number of fused-ring (bicyclic) bond motifs is 1. The lowest BCUT2D eigenvalue weighted by molar-refractivity contribution is 0.103. The van der Waals surface area contributed by atoms with E-state index in [1.165, 1.54) is 22.7 Å². The molecule has 0 spiro atoms. The van der Waals surface area contributed by atoms with Gasteiger partial charge in [0.05, 0.1) is 20.8 Å². The molecule has 28 heavy (non-hydrogen) atoms. The Morgan fingerprint density at radius 3 is 1.36 bits per heavy atom. The fourth-order valence-electron chi connectivity index (χ4n) is 3.02. The van der Waals surface area contributed by atoms with Crippen molar-refractivity contribution in [3.8, 4) is 0 Å². The lowest BCUT2D eigenvalue weighted by atomic mass is 10.0. The van der Waals surface area contributed by atoms with Crippen molar-refractivity contribution < 1.29 is 9.59 Å². The highest BCUT2D eigenvalue weighted by Crippen LogP contribution is 2.45. The van der Waals surface area contributed by atoms with E-state index in [2.05, 4.69) is 0 Å². The maximum absolute atomic E-state index is 12.9. The zero-order valence-electron chi connectivity index (χ0n) is 15.4. The fraction of sp³-hybridized carbons (Fsp3) is 0.0909. The van der Waals surface area contributed by atoms with Crippen molar-refractivity contribution in [2.45, 2.75) is 13.8 Å². The summed E-state index contributed by atoms with van der Waals surface area (Å²) < 4.78 is 0.793. The van der Waals surface area contributed by atoms with Gasteiger partial charge in [0.2, 0.25) is 11.6 Å². The second kappa shape index (κ2) is 6.89. The standard InChI is InChI=1S/C22H18N2O2S2/c1-11-3-7-13(8-4-11)18(25)20-16(23)15-17(24)21(28-22(15)27-20)19(26)14-9-5-12(2)6-10-14/h3-10H,23-24H2,1-2H3. The summed E-state index contributed by atoms with van der Waals surface area (Å²) in [6.07, 6.45) is 0. The first-order valence-corrected chi connectivity index (χ1v) is 10.3. The van der Waals surface area contributed by atoms with Crippen LogP contribution in [0, 0.1) is 13.8 Å². The van der Waals surface area contributed by atoms with Gasteiger partial charge in [0.1, 0.15) is 9.75 Å². The van der Waals surface area contributed by atoms with E-state index in [0.29, 0.717) is 37.6 Å². The molecule has 0 aliphatic rings. The molecule has 6 heteroatoms. The molecular weight excluding hydrogens is 388 g/mol. The fourth-order valence-corrected chi connectivity index (χ4v) is 5.55. The van der Waals surface area contributed by atoms with E-state index in [1.807, 2.05) is 38.1 Å². The molecule has 0 radical (unpaired) electrons. The summed E-state index contributed by atoms with van der Waals surface area (Å²) in [6, 6.07) is 14.7. The normalized spacial score (nSPS) is 11.1. The molecular formula is C22H18N2O2S2. The Labute approximate surface area is 170 Å². The van der Waals surface area contributed by atoms with E-state index in [4.69, 9.17) is 11.5 Å². The molecule has 0 bridgehead atoms. The van der Waals surface area contributed by atoms with Crippen LogP contribution in [-0.2, 0) is 0 Å². The topological polar surface area (TPSA) is 86.2 Å². The Balaban J connectivity index is 1.75. The summed E-state index contributed by atoms with van der Waals surface area (Å²) in [5.41, 5.74) is 16.6. The largest absolute Gasteiger partial charge is 0.397 e. The smallest absolute Gasteiger partial charge is 0.205 e. The maximum Gasteiger partial charge on any atom is 0.205 e. The Hall–Kier alpha value is -2.96. The minimum absolute atomic E-state index is 0.128. The van der Waals surface area contributed by atoms with Gasteiger partial charge in [-0.3, -0.25) is 9.59 Å². The number of nitrogen functional groups attached to an aromatic ring is 2. The first-order chi connectivity index (χ1) is 13.4. The molecule has 0 fully saturated rings. The summed E-state index contributed by atoms with van der Waals surface area (Å²) in [5, 5.41) is 0.612. The molecule has 2 heterocycles. The molecule has 4 nitrogen and oxygen atoms in total. The lowest BCUT2D eigenvalue weighted by Gasteiger charge is -2.03. The van der Waals surface area contributed by atoms with Gasteiger partial charge < -0.3 is 11.5 Å². The Kier molecular flexibility index (Phi) is 4.53. The number of ketones is 2. The number of aryl methyl sites for hydroxylation is 2. The predicted octanol–water partition coefficient (Wildman–Crippen LogP) is 5.21. The van der Waals surface area contributed by atoms with Crippen molar-refractivity contribution in [3.63, 3.8) is 0 Å². The summed E-state index contributed by atoms with van der Waals surface area (Å²) in [5.74, 6) is -0.256. The predicted molar refractivity (Wildman–Crippen MR) is 118 cm³/mol. The van der Waals surface area contributed by atoms with E-state index < -0.39 is 0 Å². The summed E-state index contributed by atoms with van der Waals surface area (Å²) in [6.45, 7) is 3.94. The molecule has 0 atom stereocenters. The third kappa shape index (κ3) is 3.00. The monoisotopic (exact) mass is 406 g/mol. The molecule has 0 aliphatic heterocycles. The van der Waals surface area contributed by atoms with Crippen LogP contribution < -0.4 is 11.5 Å². The number of nitrogens with two attached hydrogens (primary N) is 2. The molecule has 0 saturated heterocycles. The van der Waals surface area contributed by atoms with Gasteiger partial charge >= 0.3 is 0 Å². The molecule has 0 saturated carbocycles. The quantitative estimate of drug-likeness (QED) is 0.456. The molecule has 2 aromatic carbocycles. The zero-order valence-corrected chi connectivity index (χ0v) is 17.0. The van der Waals surface area contributed by atoms with Crippen molar-refractivity contribution in [3.05, 3.63) is 80.5 Å². The van der Waals surface area contributed by atoms with E-state index >= 15 is 0 Å². The lowest BCUT2D eigenvalue weighted by Crippen LogP contribution is -2.04. The summed E-state index contributed by atoms with van der Waals surface area (Å²) in [7, 11) is 0. The van der Waals surface area contributed by atoms with Gasteiger partial charge in [-0.25, -0.2) is 0 Å². The van der Waals surface area contributed by atoms with Crippen LogP contribution in [0.4, 0.5) is 11.4 Å². The molecule has 0 aliphatic carbocycles. The third-order valence-electron chi connectivity index (χ3n) is 4.66. The minimum atomic E-state index is -0.128. The maximum atomic E-state index is 12.9. The molecule has 4 aromatic rings. The van der Waals surface area contributed by atoms with Gasteiger partial charge in [0.25, 0.3) is 0 Å². The van der Waals surface area contributed by atoms with Gasteiger partial charge in [0, 0.05) is 11.1 Å². The Bertz CT molecular complexity index is 1120. The van der Waals surface area contributed by atoms with Crippen LogP contribution in [0.25, 0.3) is 9.40 Å². The first kappa shape index (κ1) is 18.4. The van der Waals surface area contributed by atoms with Crippen molar-refractivity contribution in [2.24, 2.45) is 0 Å². The molecule has 2 aromatic heterocycles. The average molecular weight is 407 g/mol. The van der Waals surface area contributed by atoms with Crippen LogP contribution in [0.5, 0.6) is 0 Å². The molecule has 0 amide bonds. The minimum Gasteiger partial charge on any atom is -0.397 e. The van der Waals surface area contributed by atoms with Crippen LogP contribution in [-0.4, -0.2) is 11.6 Å². The number of thiophene rings is 2. The number of carbonyl (C=O) groups excluding carboxylic acids is 2. The van der Waals surface area contributed by atoms with Gasteiger partial charge in [-0.1, -0.05) is 59.7 Å². The van der Waals surface area contributed by atoms with Crippen molar-refractivity contribution in [1.29, 1.82) is 0 Å². The third-order valence-corrected chi connectivity index (χ3v) is 7.16. The summed E-state index contributed by atoms with van der Waals surface area (Å²) in [4.78, 5) is 26.6. The van der Waals surface area contributed by atoms with Crippen LogP contribution in [0.3, 0.4) is 0 Å². The van der Waals surface area contributed by atoms with E-state index in [0.717, 1.165) is 15.1 Å². The number of carbonyl (C=O) groups is 2. The number of anilines is 2. The molecule has 4 N–H and O–H groups in total. The van der Waals surface area contributed by atoms with E-state index in [-0.39, 0.29) is 11.6 Å². The Morgan fingerprint density at radius 2 is 1.04 bits per heavy atom. The van der Waals surface area contributed by atoms with Crippen molar-refractivity contribution >= 4 is 55.0 Å². The molecule has 140 valence electrons. The van der Waals surface area contributed by atoms with Crippen molar-refractivity contribution in [1.82, 2.24) is 0 Å². The second-order valence-corrected chi connectivity index (χ2v) is 9.04. The average Bonchev–Trinajstić information content (AvgIpc) is 3.19. The second-order valence-electron chi connectivity index (χ2n) is 6.74.